The maximum atomic E-state index is 13.2. The lowest BCUT2D eigenvalue weighted by molar-refractivity contribution is -0.140. The van der Waals surface area contributed by atoms with Crippen LogP contribution in [0, 0.1) is 0 Å². The van der Waals surface area contributed by atoms with E-state index in [-0.39, 0.29) is 41.1 Å². The number of hydrogen-bond donors (Lipinski definition) is 1. The van der Waals surface area contributed by atoms with Crippen LogP contribution < -0.4 is 10.5 Å². The standard InChI is InChI=1S/C23H18F3N5O3/c1-33-16-6-4-14(13-5-7-18(23(24,25)26)29-19(13)16)21-30-20(17(9-27)34-21)22(32)31-10-12-3-2-8-28-15(12)11-31/h2-8H,9-11,27H2,1H3. The largest absolute Gasteiger partial charge is 0.494 e. The number of methoxy groups -OCH3 is 1. The van der Waals surface area contributed by atoms with Crippen molar-refractivity contribution in [2.24, 2.45) is 5.73 Å². The van der Waals surface area contributed by atoms with Crippen molar-refractivity contribution in [2.45, 2.75) is 25.8 Å². The number of nitrogens with zero attached hydrogens (tertiary/aromatic N) is 4. The summed E-state index contributed by atoms with van der Waals surface area (Å²) in [5.41, 5.74) is 6.92. The smallest absolute Gasteiger partial charge is 0.433 e. The van der Waals surface area contributed by atoms with Gasteiger partial charge < -0.3 is 19.8 Å². The van der Waals surface area contributed by atoms with Gasteiger partial charge in [-0.25, -0.2) is 9.97 Å². The van der Waals surface area contributed by atoms with Gasteiger partial charge >= 0.3 is 6.18 Å². The summed E-state index contributed by atoms with van der Waals surface area (Å²) in [5.74, 6) is 0.0124. The lowest BCUT2D eigenvalue weighted by atomic mass is 10.1. The summed E-state index contributed by atoms with van der Waals surface area (Å²) >= 11 is 0. The molecule has 1 aliphatic heterocycles. The molecule has 1 aliphatic rings. The first kappa shape index (κ1) is 21.8. The number of rotatable bonds is 4. The maximum Gasteiger partial charge on any atom is 0.433 e. The second-order valence-electron chi connectivity index (χ2n) is 7.67. The van der Waals surface area contributed by atoms with Gasteiger partial charge in [0.15, 0.2) is 11.5 Å². The van der Waals surface area contributed by atoms with Crippen LogP contribution in [-0.2, 0) is 25.8 Å². The summed E-state index contributed by atoms with van der Waals surface area (Å²) < 4.78 is 50.7. The number of pyridine rings is 2. The molecule has 0 unspecified atom stereocenters. The van der Waals surface area contributed by atoms with Crippen LogP contribution in [0.25, 0.3) is 22.4 Å². The zero-order valence-electron chi connectivity index (χ0n) is 17.9. The molecule has 0 aliphatic carbocycles. The molecule has 0 bridgehead atoms. The van der Waals surface area contributed by atoms with Gasteiger partial charge in [0.1, 0.15) is 17.0 Å². The Kier molecular flexibility index (Phi) is 5.20. The van der Waals surface area contributed by atoms with E-state index in [2.05, 4.69) is 15.0 Å². The Morgan fingerprint density at radius 1 is 1.18 bits per heavy atom. The number of carbonyl (C=O) groups excluding carboxylic acids is 1. The summed E-state index contributed by atoms with van der Waals surface area (Å²) in [7, 11) is 1.34. The van der Waals surface area contributed by atoms with Crippen LogP contribution in [0.4, 0.5) is 13.2 Å². The minimum absolute atomic E-state index is 0.00346. The molecule has 8 nitrogen and oxygen atoms in total. The van der Waals surface area contributed by atoms with Crippen LogP contribution in [-0.4, -0.2) is 32.9 Å². The summed E-state index contributed by atoms with van der Waals surface area (Å²) in [5, 5.41) is 0.328. The fourth-order valence-electron chi connectivity index (χ4n) is 3.97. The van der Waals surface area contributed by atoms with Crippen molar-refractivity contribution < 1.29 is 27.1 Å². The Morgan fingerprint density at radius 2 is 2.00 bits per heavy atom. The van der Waals surface area contributed by atoms with E-state index in [0.717, 1.165) is 17.3 Å². The Balaban J connectivity index is 1.56. The number of alkyl halides is 3. The average molecular weight is 469 g/mol. The number of halogens is 3. The monoisotopic (exact) mass is 469 g/mol. The van der Waals surface area contributed by atoms with Gasteiger partial charge in [0, 0.05) is 23.7 Å². The van der Waals surface area contributed by atoms with Crippen molar-refractivity contribution in [3.05, 3.63) is 71.0 Å². The Hall–Kier alpha value is -3.99. The van der Waals surface area contributed by atoms with Crippen molar-refractivity contribution in [3.8, 4) is 17.2 Å². The van der Waals surface area contributed by atoms with E-state index in [1.54, 1.807) is 23.2 Å². The maximum absolute atomic E-state index is 13.2. The predicted octanol–water partition coefficient (Wildman–Crippen LogP) is 3.93. The number of nitrogens with two attached hydrogens (primary N) is 1. The van der Waals surface area contributed by atoms with Crippen LogP contribution in [0.5, 0.6) is 5.75 Å². The fraction of sp³-hybridized carbons (Fsp3) is 0.217. The normalized spacial score (nSPS) is 13.4. The van der Waals surface area contributed by atoms with Crippen molar-refractivity contribution in [3.63, 3.8) is 0 Å². The van der Waals surface area contributed by atoms with Crippen LogP contribution >= 0.6 is 0 Å². The predicted molar refractivity (Wildman–Crippen MR) is 114 cm³/mol. The van der Waals surface area contributed by atoms with E-state index in [1.165, 1.54) is 19.2 Å². The third-order valence-electron chi connectivity index (χ3n) is 5.62. The first-order valence-electron chi connectivity index (χ1n) is 10.3. The highest BCUT2D eigenvalue weighted by Gasteiger charge is 2.34. The summed E-state index contributed by atoms with van der Waals surface area (Å²) in [4.78, 5) is 27.2. The molecular formula is C23H18F3N5O3. The second kappa shape index (κ2) is 8.10. The average Bonchev–Trinajstić information content (AvgIpc) is 3.46. The third kappa shape index (κ3) is 3.63. The molecule has 0 saturated carbocycles. The first-order valence-corrected chi connectivity index (χ1v) is 10.3. The number of oxazole rings is 1. The van der Waals surface area contributed by atoms with E-state index in [9.17, 15) is 18.0 Å². The molecule has 0 spiro atoms. The molecule has 3 aromatic heterocycles. The lowest BCUT2D eigenvalue weighted by Gasteiger charge is -2.13. The van der Waals surface area contributed by atoms with Crippen LogP contribution in [0.2, 0.25) is 0 Å². The van der Waals surface area contributed by atoms with Crippen LogP contribution in [0.3, 0.4) is 0 Å². The third-order valence-corrected chi connectivity index (χ3v) is 5.62. The molecule has 2 N–H and O–H groups in total. The van der Waals surface area contributed by atoms with Gasteiger partial charge in [0.25, 0.3) is 5.91 Å². The topological polar surface area (TPSA) is 107 Å². The van der Waals surface area contributed by atoms with Crippen molar-refractivity contribution in [1.82, 2.24) is 19.9 Å². The molecule has 4 heterocycles. The van der Waals surface area contributed by atoms with Gasteiger partial charge in [0.05, 0.1) is 25.9 Å². The number of fused-ring (bicyclic) bond motifs is 2. The summed E-state index contributed by atoms with van der Waals surface area (Å²) in [6.45, 7) is 0.623. The molecule has 1 aromatic carbocycles. The van der Waals surface area contributed by atoms with E-state index in [4.69, 9.17) is 14.9 Å². The minimum Gasteiger partial charge on any atom is -0.494 e. The molecular weight excluding hydrogens is 451 g/mol. The molecule has 0 radical (unpaired) electrons. The Labute approximate surface area is 191 Å². The SMILES string of the molecule is COc1ccc(-c2nc(C(=O)N3Cc4cccnc4C3)c(CN)o2)c2ccc(C(F)(F)F)nc12. The highest BCUT2D eigenvalue weighted by molar-refractivity contribution is 5.98. The van der Waals surface area contributed by atoms with Gasteiger partial charge in [-0.05, 0) is 35.9 Å². The molecule has 4 aromatic rings. The van der Waals surface area contributed by atoms with Crippen molar-refractivity contribution in [1.29, 1.82) is 0 Å². The highest BCUT2D eigenvalue weighted by Crippen LogP contribution is 2.37. The van der Waals surface area contributed by atoms with E-state index < -0.39 is 11.9 Å². The summed E-state index contributed by atoms with van der Waals surface area (Å²) in [6.07, 6.45) is -2.95. The quantitative estimate of drug-likeness (QED) is 0.483. The van der Waals surface area contributed by atoms with Crippen molar-refractivity contribution in [2.75, 3.05) is 7.11 Å². The Bertz CT molecular complexity index is 1390. The molecule has 0 atom stereocenters. The number of ether oxygens (including phenoxy) is 1. The number of carbonyl (C=O) groups is 1. The second-order valence-corrected chi connectivity index (χ2v) is 7.67. The zero-order chi connectivity index (χ0) is 24.0. The molecule has 174 valence electrons. The summed E-state index contributed by atoms with van der Waals surface area (Å²) in [6, 6.07) is 8.92. The van der Waals surface area contributed by atoms with Gasteiger partial charge in [-0.2, -0.15) is 13.2 Å². The van der Waals surface area contributed by atoms with Gasteiger partial charge in [-0.1, -0.05) is 6.07 Å². The molecule has 11 heteroatoms. The Morgan fingerprint density at radius 3 is 2.71 bits per heavy atom. The number of amides is 1. The van der Waals surface area contributed by atoms with Crippen LogP contribution in [0.15, 0.2) is 47.0 Å². The molecule has 34 heavy (non-hydrogen) atoms. The van der Waals surface area contributed by atoms with Gasteiger partial charge in [-0.15, -0.1) is 0 Å². The minimum atomic E-state index is -4.62. The molecule has 0 fully saturated rings. The fourth-order valence-corrected chi connectivity index (χ4v) is 3.97. The van der Waals surface area contributed by atoms with Gasteiger partial charge in [-0.3, -0.25) is 9.78 Å². The van der Waals surface area contributed by atoms with Crippen molar-refractivity contribution >= 4 is 16.8 Å². The molecule has 1 amide bonds. The number of hydrogen-bond acceptors (Lipinski definition) is 7. The zero-order valence-corrected chi connectivity index (χ0v) is 17.9. The van der Waals surface area contributed by atoms with Crippen LogP contribution in [0.1, 0.15) is 33.2 Å². The molecule has 0 saturated heterocycles. The number of benzene rings is 1. The van der Waals surface area contributed by atoms with E-state index in [1.807, 2.05) is 6.07 Å². The van der Waals surface area contributed by atoms with E-state index >= 15 is 0 Å². The number of aromatic nitrogens is 3. The molecule has 5 rings (SSSR count). The van der Waals surface area contributed by atoms with E-state index in [0.29, 0.717) is 24.0 Å². The highest BCUT2D eigenvalue weighted by atomic mass is 19.4. The first-order chi connectivity index (χ1) is 16.3. The lowest BCUT2D eigenvalue weighted by Crippen LogP contribution is -2.27. The van der Waals surface area contributed by atoms with Gasteiger partial charge in [0.2, 0.25) is 5.89 Å².